The molecule has 1 aromatic heterocycles. The number of rotatable bonds is 4. The average Bonchev–Trinajstić information content (AvgIpc) is 3.46. The number of nitrogens with zero attached hydrogens (tertiary/aromatic N) is 2. The summed E-state index contributed by atoms with van der Waals surface area (Å²) in [7, 11) is 0. The van der Waals surface area contributed by atoms with Crippen LogP contribution in [0.1, 0.15) is 43.5 Å². The minimum atomic E-state index is -0.474. The molecule has 5 heteroatoms. The fourth-order valence-corrected chi connectivity index (χ4v) is 5.02. The van der Waals surface area contributed by atoms with Gasteiger partial charge < -0.3 is 9.88 Å². The number of anilines is 1. The summed E-state index contributed by atoms with van der Waals surface area (Å²) < 4.78 is 2.28. The summed E-state index contributed by atoms with van der Waals surface area (Å²) in [6.07, 6.45) is 8.01. The van der Waals surface area contributed by atoms with Crippen LogP contribution >= 0.6 is 11.6 Å². The second-order valence-corrected chi connectivity index (χ2v) is 8.58. The smallest absolute Gasteiger partial charge is 0.235 e. The number of benzene rings is 2. The molecular formula is C24H24ClN3O. The number of carbonyl (C=O) groups is 1. The van der Waals surface area contributed by atoms with Gasteiger partial charge in [0.05, 0.1) is 17.3 Å². The Kier molecular flexibility index (Phi) is 4.67. The van der Waals surface area contributed by atoms with Crippen LogP contribution in [-0.4, -0.2) is 15.5 Å². The Bertz CT molecular complexity index is 1050. The average molecular weight is 406 g/mol. The van der Waals surface area contributed by atoms with Crippen LogP contribution in [0.15, 0.2) is 54.7 Å². The molecule has 2 aromatic carbocycles. The van der Waals surface area contributed by atoms with Crippen molar-refractivity contribution in [2.75, 3.05) is 5.32 Å². The molecule has 0 atom stereocenters. The van der Waals surface area contributed by atoms with Crippen molar-refractivity contribution in [2.45, 2.75) is 50.5 Å². The molecule has 29 heavy (non-hydrogen) atoms. The molecule has 0 radical (unpaired) electrons. The highest BCUT2D eigenvalue weighted by molar-refractivity contribution is 6.30. The van der Waals surface area contributed by atoms with Crippen molar-refractivity contribution >= 4 is 23.2 Å². The molecule has 0 unspecified atom stereocenters. The summed E-state index contributed by atoms with van der Waals surface area (Å²) in [5.74, 6) is 1.23. The molecule has 0 saturated heterocycles. The summed E-state index contributed by atoms with van der Waals surface area (Å²) in [4.78, 5) is 18.0. The molecule has 148 valence electrons. The predicted octanol–water partition coefficient (Wildman–Crippen LogP) is 5.60. The van der Waals surface area contributed by atoms with Gasteiger partial charge in [0.1, 0.15) is 5.82 Å². The lowest BCUT2D eigenvalue weighted by molar-refractivity contribution is -0.121. The van der Waals surface area contributed by atoms with Crippen LogP contribution in [0.2, 0.25) is 5.02 Å². The van der Waals surface area contributed by atoms with E-state index >= 15 is 0 Å². The van der Waals surface area contributed by atoms with Gasteiger partial charge >= 0.3 is 0 Å². The molecule has 3 aromatic rings. The molecule has 1 amide bonds. The summed E-state index contributed by atoms with van der Waals surface area (Å²) >= 11 is 6.07. The second-order valence-electron chi connectivity index (χ2n) is 8.15. The predicted molar refractivity (Wildman–Crippen MR) is 116 cm³/mol. The van der Waals surface area contributed by atoms with Crippen molar-refractivity contribution in [2.24, 2.45) is 0 Å². The Labute approximate surface area is 175 Å². The number of aromatic nitrogens is 2. The molecule has 0 spiro atoms. The number of hydrogen-bond donors (Lipinski definition) is 1. The van der Waals surface area contributed by atoms with Gasteiger partial charge in [0, 0.05) is 29.2 Å². The van der Waals surface area contributed by atoms with Crippen molar-refractivity contribution in [3.8, 4) is 11.3 Å². The summed E-state index contributed by atoms with van der Waals surface area (Å²) in [6.45, 7) is 1.01. The Morgan fingerprint density at radius 3 is 2.66 bits per heavy atom. The number of nitrogens with one attached hydrogen (secondary N) is 1. The number of aryl methyl sites for hydroxylation is 1. The van der Waals surface area contributed by atoms with Gasteiger partial charge in [0.25, 0.3) is 0 Å². The first-order valence-electron chi connectivity index (χ1n) is 10.4. The number of carbonyl (C=O) groups excluding carboxylic acids is 1. The van der Waals surface area contributed by atoms with Crippen LogP contribution in [-0.2, 0) is 23.2 Å². The minimum Gasteiger partial charge on any atom is -0.328 e. The third-order valence-corrected chi connectivity index (χ3v) is 6.68. The molecular weight excluding hydrogens is 382 g/mol. The maximum absolute atomic E-state index is 13.4. The molecule has 2 heterocycles. The lowest BCUT2D eigenvalue weighted by atomic mass is 9.78. The first-order chi connectivity index (χ1) is 14.2. The maximum atomic E-state index is 13.4. The minimum absolute atomic E-state index is 0.0768. The molecule has 0 bridgehead atoms. The topological polar surface area (TPSA) is 46.9 Å². The van der Waals surface area contributed by atoms with E-state index in [0.29, 0.717) is 5.02 Å². The zero-order valence-corrected chi connectivity index (χ0v) is 17.1. The fraction of sp³-hybridized carbons (Fsp3) is 0.333. The highest BCUT2D eigenvalue weighted by atomic mass is 35.5. The molecule has 1 N–H and O–H groups in total. The Balaban J connectivity index is 1.43. The zero-order valence-electron chi connectivity index (χ0n) is 16.3. The second kappa shape index (κ2) is 7.34. The number of amides is 1. The van der Waals surface area contributed by atoms with Crippen molar-refractivity contribution in [3.63, 3.8) is 0 Å². The van der Waals surface area contributed by atoms with Crippen molar-refractivity contribution in [1.29, 1.82) is 0 Å². The van der Waals surface area contributed by atoms with E-state index in [1.807, 2.05) is 42.6 Å². The molecule has 1 fully saturated rings. The number of hydrogen-bond acceptors (Lipinski definition) is 2. The first-order valence-corrected chi connectivity index (χ1v) is 10.8. The van der Waals surface area contributed by atoms with Gasteiger partial charge in [-0.1, -0.05) is 48.7 Å². The Hall–Kier alpha value is -2.59. The van der Waals surface area contributed by atoms with Crippen LogP contribution in [0.4, 0.5) is 5.69 Å². The molecule has 1 aliphatic heterocycles. The van der Waals surface area contributed by atoms with E-state index in [-0.39, 0.29) is 5.91 Å². The highest BCUT2D eigenvalue weighted by Gasteiger charge is 2.42. The maximum Gasteiger partial charge on any atom is 0.235 e. The van der Waals surface area contributed by atoms with E-state index in [1.165, 1.54) is 0 Å². The molecule has 1 saturated carbocycles. The molecule has 2 aliphatic rings. The Morgan fingerprint density at radius 2 is 1.86 bits per heavy atom. The quantitative estimate of drug-likeness (QED) is 0.614. The first kappa shape index (κ1) is 18.4. The Morgan fingerprint density at radius 1 is 1.07 bits per heavy atom. The van der Waals surface area contributed by atoms with Gasteiger partial charge in [-0.2, -0.15) is 0 Å². The van der Waals surface area contributed by atoms with E-state index in [1.54, 1.807) is 0 Å². The van der Waals surface area contributed by atoms with Crippen LogP contribution in [0.25, 0.3) is 11.3 Å². The van der Waals surface area contributed by atoms with E-state index in [2.05, 4.69) is 27.0 Å². The van der Waals surface area contributed by atoms with Crippen LogP contribution in [0, 0.1) is 0 Å². The number of imidazole rings is 1. The van der Waals surface area contributed by atoms with Crippen molar-refractivity contribution in [3.05, 3.63) is 71.1 Å². The lowest BCUT2D eigenvalue weighted by Crippen LogP contribution is -2.37. The van der Waals surface area contributed by atoms with Crippen molar-refractivity contribution in [1.82, 2.24) is 9.55 Å². The summed E-state index contributed by atoms with van der Waals surface area (Å²) in [5.41, 5.74) is 3.64. The molecule has 4 nitrogen and oxygen atoms in total. The highest BCUT2D eigenvalue weighted by Crippen LogP contribution is 2.42. The van der Waals surface area contributed by atoms with Crippen LogP contribution in [0.5, 0.6) is 0 Å². The largest absolute Gasteiger partial charge is 0.328 e. The van der Waals surface area contributed by atoms with E-state index < -0.39 is 5.41 Å². The molecule has 1 aliphatic carbocycles. The number of halogens is 1. The fourth-order valence-electron chi connectivity index (χ4n) is 4.89. The number of fused-ring (bicyclic) bond motifs is 1. The van der Waals surface area contributed by atoms with Gasteiger partial charge in [-0.25, -0.2) is 4.98 Å². The van der Waals surface area contributed by atoms with Gasteiger partial charge in [0.2, 0.25) is 5.91 Å². The van der Waals surface area contributed by atoms with E-state index in [0.717, 1.165) is 73.4 Å². The van der Waals surface area contributed by atoms with Gasteiger partial charge in [-0.3, -0.25) is 4.79 Å². The van der Waals surface area contributed by atoms with E-state index in [4.69, 9.17) is 11.6 Å². The SMILES string of the molecule is O=C(Nc1cccc(-c2cnc3n2CCC3)c1)C1(c2ccc(Cl)cc2)CCCC1. The lowest BCUT2D eigenvalue weighted by Gasteiger charge is -2.28. The molecule has 5 rings (SSSR count). The van der Waals surface area contributed by atoms with Gasteiger partial charge in [-0.05, 0) is 49.1 Å². The van der Waals surface area contributed by atoms with Gasteiger partial charge in [0.15, 0.2) is 0 Å². The van der Waals surface area contributed by atoms with Gasteiger partial charge in [-0.15, -0.1) is 0 Å². The van der Waals surface area contributed by atoms with Crippen LogP contribution < -0.4 is 5.32 Å². The third kappa shape index (κ3) is 3.25. The summed E-state index contributed by atoms with van der Waals surface area (Å²) in [6, 6.07) is 15.9. The normalized spacial score (nSPS) is 17.3. The summed E-state index contributed by atoms with van der Waals surface area (Å²) in [5, 5.41) is 3.90. The monoisotopic (exact) mass is 405 g/mol. The van der Waals surface area contributed by atoms with E-state index in [9.17, 15) is 4.79 Å². The third-order valence-electron chi connectivity index (χ3n) is 6.43. The van der Waals surface area contributed by atoms with Crippen molar-refractivity contribution < 1.29 is 4.79 Å². The zero-order chi connectivity index (χ0) is 19.8. The van der Waals surface area contributed by atoms with Crippen LogP contribution in [0.3, 0.4) is 0 Å². The standard InChI is InChI=1S/C24H24ClN3O/c25-19-10-8-18(9-11-19)24(12-1-2-13-24)23(29)27-20-6-3-5-17(15-20)21-16-26-22-7-4-14-28(21)22/h3,5-6,8-11,15-16H,1-2,4,7,12-14H2,(H,27,29).